The van der Waals surface area contributed by atoms with E-state index in [0.29, 0.717) is 46.5 Å². The zero-order chi connectivity index (χ0) is 29.4. The maximum Gasteiger partial charge on any atom is 0.301 e. The number of allylic oxidation sites excluding steroid dienone is 1. The van der Waals surface area contributed by atoms with Crippen LogP contribution in [-0.2, 0) is 10.0 Å². The van der Waals surface area contributed by atoms with E-state index in [4.69, 9.17) is 5.73 Å². The molecule has 214 valence electrons. The first kappa shape index (κ1) is 27.3. The number of aliphatic imine (C=N–C) groups is 1. The number of carbonyl (C=O) groups is 1. The molecule has 1 amide bonds. The molecule has 0 saturated carbocycles. The van der Waals surface area contributed by atoms with E-state index in [1.165, 1.54) is 23.0 Å². The van der Waals surface area contributed by atoms with Crippen LogP contribution < -0.4 is 5.73 Å². The summed E-state index contributed by atoms with van der Waals surface area (Å²) in [5.74, 6) is 0.00763. The number of likely N-dealkylation sites (N-methyl/N-ethyl adjacent to an activating group) is 1. The van der Waals surface area contributed by atoms with Crippen LogP contribution in [0.25, 0.3) is 33.4 Å². The van der Waals surface area contributed by atoms with E-state index in [0.717, 1.165) is 28.3 Å². The number of amides is 1. The predicted molar refractivity (Wildman–Crippen MR) is 161 cm³/mol. The van der Waals surface area contributed by atoms with Gasteiger partial charge in [-0.25, -0.2) is 4.98 Å². The summed E-state index contributed by atoms with van der Waals surface area (Å²) in [5, 5.41) is 4.10. The van der Waals surface area contributed by atoms with Gasteiger partial charge in [-0.2, -0.15) is 17.6 Å². The van der Waals surface area contributed by atoms with Crippen LogP contribution in [-0.4, -0.2) is 94.2 Å². The lowest BCUT2D eigenvalue weighted by molar-refractivity contribution is 0.0664. The molecule has 1 aliphatic rings. The van der Waals surface area contributed by atoms with Crippen molar-refractivity contribution in [1.29, 1.82) is 0 Å². The molecule has 0 radical (unpaired) electrons. The van der Waals surface area contributed by atoms with Gasteiger partial charge in [-0.05, 0) is 48.5 Å². The summed E-state index contributed by atoms with van der Waals surface area (Å²) in [4.78, 5) is 29.7. The first-order chi connectivity index (χ1) is 20.3. The average Bonchev–Trinajstić information content (AvgIpc) is 3.65. The molecular weight excluding hydrogens is 554 g/mol. The summed E-state index contributed by atoms with van der Waals surface area (Å²) in [7, 11) is -0.506. The molecule has 5 heterocycles. The van der Waals surface area contributed by atoms with Crippen molar-refractivity contribution in [3.05, 3.63) is 84.6 Å². The SMILES string of the molecule is CN=CC(=CN)c1cnc2cnn(S(=O)(=O)c3cnc4ccc(-c5ccc(C(=O)N6CCN(C)CC6)cc5)cn34)c2c1. The Kier molecular flexibility index (Phi) is 7.04. The van der Waals surface area contributed by atoms with E-state index in [1.807, 2.05) is 30.1 Å². The molecule has 2 N–H and O–H groups in total. The van der Waals surface area contributed by atoms with Gasteiger partial charge in [-0.3, -0.25) is 19.2 Å². The van der Waals surface area contributed by atoms with Crippen LogP contribution in [0.5, 0.6) is 0 Å². The lowest BCUT2D eigenvalue weighted by Gasteiger charge is -2.32. The predicted octanol–water partition coefficient (Wildman–Crippen LogP) is 2.37. The van der Waals surface area contributed by atoms with Crippen molar-refractivity contribution in [1.82, 2.24) is 33.4 Å². The first-order valence-corrected chi connectivity index (χ1v) is 14.7. The zero-order valence-corrected chi connectivity index (χ0v) is 23.9. The largest absolute Gasteiger partial charge is 0.404 e. The number of nitrogens with zero attached hydrogens (tertiary/aromatic N) is 8. The Balaban J connectivity index is 1.34. The number of piperazine rings is 1. The molecule has 0 bridgehead atoms. The molecule has 0 atom stereocenters. The van der Waals surface area contributed by atoms with Gasteiger partial charge in [-0.1, -0.05) is 12.1 Å². The molecule has 1 fully saturated rings. The third-order valence-corrected chi connectivity index (χ3v) is 8.97. The van der Waals surface area contributed by atoms with Crippen LogP contribution in [0.2, 0.25) is 0 Å². The summed E-state index contributed by atoms with van der Waals surface area (Å²) < 4.78 is 30.3. The standard InChI is InChI=1S/C29H29N9O3S/c1-31-15-24(14-30)23-13-26-25(32-16-23)17-34-38(26)42(40,41)28-18-33-27-8-7-22(19-37(27)28)20-3-5-21(6-4-20)29(39)36-11-9-35(2)10-12-36/h3-8,13-19H,9-12,30H2,1-2H3. The van der Waals surface area contributed by atoms with E-state index >= 15 is 0 Å². The Morgan fingerprint density at radius 2 is 1.69 bits per heavy atom. The van der Waals surface area contributed by atoms with E-state index in [9.17, 15) is 13.2 Å². The molecule has 12 nitrogen and oxygen atoms in total. The minimum absolute atomic E-state index is 0.00763. The van der Waals surface area contributed by atoms with Gasteiger partial charge in [0.1, 0.15) is 16.7 Å². The highest BCUT2D eigenvalue weighted by atomic mass is 32.2. The van der Waals surface area contributed by atoms with Crippen molar-refractivity contribution in [3.63, 3.8) is 0 Å². The van der Waals surface area contributed by atoms with Gasteiger partial charge in [0.2, 0.25) is 0 Å². The maximum atomic E-state index is 13.9. The number of carbonyl (C=O) groups excluding carboxylic acids is 1. The molecule has 0 aliphatic carbocycles. The van der Waals surface area contributed by atoms with Crippen molar-refractivity contribution >= 4 is 44.4 Å². The minimum atomic E-state index is -4.17. The van der Waals surface area contributed by atoms with E-state index in [2.05, 4.69) is 25.0 Å². The number of imidazole rings is 1. The van der Waals surface area contributed by atoms with Gasteiger partial charge in [0, 0.05) is 74.7 Å². The van der Waals surface area contributed by atoms with Gasteiger partial charge in [-0.15, -0.1) is 0 Å². The second-order valence-electron chi connectivity index (χ2n) is 10.0. The van der Waals surface area contributed by atoms with Crippen molar-refractivity contribution in [2.45, 2.75) is 5.03 Å². The van der Waals surface area contributed by atoms with Crippen molar-refractivity contribution in [2.75, 3.05) is 40.3 Å². The Morgan fingerprint density at radius 3 is 2.40 bits per heavy atom. The van der Waals surface area contributed by atoms with Gasteiger partial charge < -0.3 is 15.5 Å². The van der Waals surface area contributed by atoms with Crippen LogP contribution >= 0.6 is 0 Å². The Hall–Kier alpha value is -4.88. The normalized spacial score (nSPS) is 15.3. The summed E-state index contributed by atoms with van der Waals surface area (Å²) >= 11 is 0. The van der Waals surface area contributed by atoms with Crippen LogP contribution in [0.3, 0.4) is 0 Å². The van der Waals surface area contributed by atoms with Crippen molar-refractivity contribution in [2.24, 2.45) is 10.7 Å². The fourth-order valence-electron chi connectivity index (χ4n) is 4.99. The molecule has 6 rings (SSSR count). The Morgan fingerprint density at radius 1 is 0.952 bits per heavy atom. The number of nitrogens with two attached hydrogens (primary N) is 1. The van der Waals surface area contributed by atoms with Crippen molar-refractivity contribution in [3.8, 4) is 11.1 Å². The van der Waals surface area contributed by atoms with Crippen LogP contribution in [0.15, 0.2) is 83.5 Å². The third kappa shape index (κ3) is 4.82. The van der Waals surface area contributed by atoms with Crippen LogP contribution in [0.1, 0.15) is 15.9 Å². The number of rotatable bonds is 6. The fourth-order valence-corrected chi connectivity index (χ4v) is 6.33. The number of hydrogen-bond acceptors (Lipinski definition) is 9. The smallest absolute Gasteiger partial charge is 0.301 e. The summed E-state index contributed by atoms with van der Waals surface area (Å²) in [6.45, 7) is 3.11. The average molecular weight is 584 g/mol. The summed E-state index contributed by atoms with van der Waals surface area (Å²) in [6.07, 6.45) is 8.97. The lowest BCUT2D eigenvalue weighted by atomic mass is 10.0. The van der Waals surface area contributed by atoms with E-state index in [-0.39, 0.29) is 10.9 Å². The summed E-state index contributed by atoms with van der Waals surface area (Å²) in [5.41, 5.74) is 10.3. The number of fused-ring (bicyclic) bond motifs is 2. The van der Waals surface area contributed by atoms with Crippen LogP contribution in [0.4, 0.5) is 0 Å². The molecule has 13 heteroatoms. The minimum Gasteiger partial charge on any atom is -0.404 e. The highest BCUT2D eigenvalue weighted by Crippen LogP contribution is 2.26. The van der Waals surface area contributed by atoms with Gasteiger partial charge >= 0.3 is 10.0 Å². The topological polar surface area (TPSA) is 144 Å². The first-order valence-electron chi connectivity index (χ1n) is 13.3. The number of benzene rings is 1. The highest BCUT2D eigenvalue weighted by Gasteiger charge is 2.26. The van der Waals surface area contributed by atoms with E-state index in [1.54, 1.807) is 49.9 Å². The molecule has 4 aromatic heterocycles. The molecule has 0 unspecified atom stereocenters. The fraction of sp³-hybridized carbons (Fsp3) is 0.207. The third-order valence-electron chi connectivity index (χ3n) is 7.39. The second-order valence-corrected chi connectivity index (χ2v) is 11.8. The second kappa shape index (κ2) is 10.8. The molecular formula is C29H29N9O3S. The molecule has 0 spiro atoms. The van der Waals surface area contributed by atoms with Crippen molar-refractivity contribution < 1.29 is 13.2 Å². The van der Waals surface area contributed by atoms with Gasteiger partial charge in [0.25, 0.3) is 5.91 Å². The maximum absolute atomic E-state index is 13.9. The number of pyridine rings is 2. The molecule has 5 aromatic rings. The number of hydrogen-bond donors (Lipinski definition) is 1. The van der Waals surface area contributed by atoms with E-state index < -0.39 is 10.0 Å². The van der Waals surface area contributed by atoms with Crippen LogP contribution in [0, 0.1) is 0 Å². The molecule has 1 aliphatic heterocycles. The van der Waals surface area contributed by atoms with Gasteiger partial charge in [0.05, 0.1) is 12.4 Å². The quantitative estimate of drug-likeness (QED) is 0.300. The monoisotopic (exact) mass is 583 g/mol. The summed E-state index contributed by atoms with van der Waals surface area (Å²) in [6, 6.07) is 12.6. The zero-order valence-electron chi connectivity index (χ0n) is 23.1. The van der Waals surface area contributed by atoms with Gasteiger partial charge in [0.15, 0.2) is 5.03 Å². The lowest BCUT2D eigenvalue weighted by Crippen LogP contribution is -2.47. The Labute approximate surface area is 242 Å². The number of aromatic nitrogens is 5. The highest BCUT2D eigenvalue weighted by molar-refractivity contribution is 7.90. The molecule has 42 heavy (non-hydrogen) atoms. The molecule has 1 aromatic carbocycles. The Bertz CT molecular complexity index is 1970. The molecule has 1 saturated heterocycles.